The molecule has 0 bridgehead atoms. The van der Waals surface area contributed by atoms with E-state index in [-0.39, 0.29) is 11.9 Å². The smallest absolute Gasteiger partial charge is 0.259 e. The highest BCUT2D eigenvalue weighted by Crippen LogP contribution is 2.41. The predicted molar refractivity (Wildman–Crippen MR) is 124 cm³/mol. The first-order valence-corrected chi connectivity index (χ1v) is 11.2. The maximum absolute atomic E-state index is 13.5. The number of aromatic nitrogens is 4. The van der Waals surface area contributed by atoms with Gasteiger partial charge in [-0.2, -0.15) is 5.10 Å². The van der Waals surface area contributed by atoms with Crippen LogP contribution in [0, 0.1) is 6.92 Å². The first-order valence-electron chi connectivity index (χ1n) is 11.2. The zero-order valence-electron chi connectivity index (χ0n) is 19.3. The zero-order chi connectivity index (χ0) is 23.1. The van der Waals surface area contributed by atoms with Crippen molar-refractivity contribution in [3.05, 3.63) is 59.0 Å². The summed E-state index contributed by atoms with van der Waals surface area (Å²) in [6, 6.07) is 9.36. The van der Waals surface area contributed by atoms with E-state index in [0.29, 0.717) is 34.7 Å². The summed E-state index contributed by atoms with van der Waals surface area (Å²) in [5.41, 5.74) is 5.36. The van der Waals surface area contributed by atoms with E-state index in [1.165, 1.54) is 0 Å². The number of rotatable bonds is 7. The van der Waals surface area contributed by atoms with E-state index in [4.69, 9.17) is 9.26 Å². The molecule has 1 atom stereocenters. The molecule has 4 aromatic rings. The van der Waals surface area contributed by atoms with Crippen LogP contribution in [0.3, 0.4) is 0 Å². The van der Waals surface area contributed by atoms with Crippen molar-refractivity contribution in [3.63, 3.8) is 0 Å². The van der Waals surface area contributed by atoms with Crippen molar-refractivity contribution in [1.82, 2.24) is 25.2 Å². The third kappa shape index (κ3) is 4.20. The third-order valence-corrected chi connectivity index (χ3v) is 6.09. The molecule has 33 heavy (non-hydrogen) atoms. The molecule has 1 aliphatic carbocycles. The van der Waals surface area contributed by atoms with Crippen LogP contribution in [0.15, 0.2) is 41.1 Å². The first kappa shape index (κ1) is 21.2. The van der Waals surface area contributed by atoms with Crippen LogP contribution >= 0.6 is 0 Å². The number of benzene rings is 1. The molecule has 170 valence electrons. The molecule has 8 nitrogen and oxygen atoms in total. The molecule has 3 heterocycles. The fourth-order valence-electron chi connectivity index (χ4n) is 4.21. The summed E-state index contributed by atoms with van der Waals surface area (Å²) in [7, 11) is 3.53. The molecule has 0 spiro atoms. The Kier molecular flexibility index (Phi) is 5.36. The number of hydrogen-bond donors (Lipinski definition) is 1. The average Bonchev–Trinajstić information content (AvgIpc) is 3.49. The van der Waals surface area contributed by atoms with Crippen LogP contribution < -0.4 is 10.1 Å². The Morgan fingerprint density at radius 1 is 1.30 bits per heavy atom. The Hall–Kier alpha value is -3.68. The van der Waals surface area contributed by atoms with Crippen molar-refractivity contribution >= 4 is 17.0 Å². The van der Waals surface area contributed by atoms with Crippen molar-refractivity contribution < 1.29 is 14.1 Å². The largest absolute Gasteiger partial charge is 0.497 e. The molecule has 1 amide bonds. The molecule has 8 heteroatoms. The molecular weight excluding hydrogens is 418 g/mol. The van der Waals surface area contributed by atoms with Gasteiger partial charge in [-0.25, -0.2) is 4.98 Å². The van der Waals surface area contributed by atoms with E-state index in [1.807, 2.05) is 57.4 Å². The molecule has 5 rings (SSSR count). The van der Waals surface area contributed by atoms with Crippen molar-refractivity contribution in [2.45, 2.75) is 45.1 Å². The molecule has 1 fully saturated rings. The number of hydrogen-bond acceptors (Lipinski definition) is 6. The summed E-state index contributed by atoms with van der Waals surface area (Å²) in [5.74, 6) is 0.973. The van der Waals surface area contributed by atoms with Gasteiger partial charge in [0.25, 0.3) is 11.6 Å². The Balaban J connectivity index is 1.50. The van der Waals surface area contributed by atoms with Crippen LogP contribution in [0.25, 0.3) is 22.4 Å². The van der Waals surface area contributed by atoms with Crippen molar-refractivity contribution in [2.75, 3.05) is 7.11 Å². The number of methoxy groups -OCH3 is 1. The van der Waals surface area contributed by atoms with E-state index >= 15 is 0 Å². The maximum Gasteiger partial charge on any atom is 0.259 e. The van der Waals surface area contributed by atoms with Gasteiger partial charge in [0.05, 0.1) is 23.8 Å². The number of ether oxygens (including phenoxy) is 1. The predicted octanol–water partition coefficient (Wildman–Crippen LogP) is 4.18. The highest BCUT2D eigenvalue weighted by Gasteiger charge is 2.29. The molecule has 1 aromatic carbocycles. The summed E-state index contributed by atoms with van der Waals surface area (Å²) in [6.45, 7) is 3.99. The fourth-order valence-corrected chi connectivity index (χ4v) is 4.21. The highest BCUT2D eigenvalue weighted by molar-refractivity contribution is 6.09. The number of nitrogens with zero attached hydrogens (tertiary/aromatic N) is 4. The molecule has 1 N–H and O–H groups in total. The normalized spacial score (nSPS) is 14.4. The Morgan fingerprint density at radius 2 is 2.06 bits per heavy atom. The molecule has 3 aromatic heterocycles. The van der Waals surface area contributed by atoms with Gasteiger partial charge in [0.2, 0.25) is 0 Å². The Labute approximate surface area is 191 Å². The summed E-state index contributed by atoms with van der Waals surface area (Å²) >= 11 is 0. The molecule has 0 aliphatic heterocycles. The van der Waals surface area contributed by atoms with Gasteiger partial charge in [0, 0.05) is 36.5 Å². The second-order valence-electron chi connectivity index (χ2n) is 8.80. The lowest BCUT2D eigenvalue weighted by molar-refractivity contribution is 0.0941. The van der Waals surface area contributed by atoms with E-state index in [1.54, 1.807) is 11.8 Å². The molecule has 1 saturated carbocycles. The SMILES string of the molecule is COc1ccc(-c2noc3nc(C4CC4)cc(C(=O)NC(C)Cc4cn(C)nc4C)c23)cc1. The number of amides is 1. The molecule has 0 radical (unpaired) electrons. The van der Waals surface area contributed by atoms with Gasteiger partial charge in [-0.3, -0.25) is 9.48 Å². The van der Waals surface area contributed by atoms with Gasteiger partial charge in [0.1, 0.15) is 11.4 Å². The zero-order valence-corrected chi connectivity index (χ0v) is 19.3. The lowest BCUT2D eigenvalue weighted by Crippen LogP contribution is -2.34. The number of fused-ring (bicyclic) bond motifs is 1. The van der Waals surface area contributed by atoms with Gasteiger partial charge < -0.3 is 14.6 Å². The van der Waals surface area contributed by atoms with Crippen LogP contribution in [0.4, 0.5) is 0 Å². The number of carbonyl (C=O) groups excluding carboxylic acids is 1. The monoisotopic (exact) mass is 445 g/mol. The minimum absolute atomic E-state index is 0.0720. The summed E-state index contributed by atoms with van der Waals surface area (Å²) in [5, 5.41) is 12.5. The Bertz CT molecular complexity index is 1320. The number of carbonyl (C=O) groups is 1. The average molecular weight is 446 g/mol. The minimum atomic E-state index is -0.156. The van der Waals surface area contributed by atoms with Gasteiger partial charge >= 0.3 is 0 Å². The van der Waals surface area contributed by atoms with E-state index < -0.39 is 0 Å². The second-order valence-corrected chi connectivity index (χ2v) is 8.80. The molecule has 1 unspecified atom stereocenters. The van der Waals surface area contributed by atoms with Crippen molar-refractivity contribution in [3.8, 4) is 17.0 Å². The molecular formula is C25H27N5O3. The van der Waals surface area contributed by atoms with E-state index in [2.05, 4.69) is 20.6 Å². The van der Waals surface area contributed by atoms with E-state index in [0.717, 1.165) is 41.1 Å². The molecule has 1 aliphatic rings. The minimum Gasteiger partial charge on any atom is -0.497 e. The maximum atomic E-state index is 13.5. The summed E-state index contributed by atoms with van der Waals surface area (Å²) in [4.78, 5) is 18.2. The van der Waals surface area contributed by atoms with Crippen LogP contribution in [0.5, 0.6) is 5.75 Å². The molecule has 0 saturated heterocycles. The van der Waals surface area contributed by atoms with Crippen LogP contribution in [-0.2, 0) is 13.5 Å². The number of nitrogens with one attached hydrogen (secondary N) is 1. The van der Waals surface area contributed by atoms with Crippen LogP contribution in [0.2, 0.25) is 0 Å². The lowest BCUT2D eigenvalue weighted by atomic mass is 10.0. The Morgan fingerprint density at radius 3 is 2.70 bits per heavy atom. The van der Waals surface area contributed by atoms with Gasteiger partial charge in [-0.15, -0.1) is 0 Å². The quantitative estimate of drug-likeness (QED) is 0.459. The highest BCUT2D eigenvalue weighted by atomic mass is 16.5. The van der Waals surface area contributed by atoms with Crippen molar-refractivity contribution in [1.29, 1.82) is 0 Å². The van der Waals surface area contributed by atoms with Crippen LogP contribution in [0.1, 0.15) is 53.0 Å². The van der Waals surface area contributed by atoms with Gasteiger partial charge in [-0.05, 0) is 69.0 Å². The number of pyridine rings is 1. The van der Waals surface area contributed by atoms with Gasteiger partial charge in [-0.1, -0.05) is 5.16 Å². The topological polar surface area (TPSA) is 95.1 Å². The van der Waals surface area contributed by atoms with Gasteiger partial charge in [0.15, 0.2) is 0 Å². The van der Waals surface area contributed by atoms with Crippen LogP contribution in [-0.4, -0.2) is 39.0 Å². The standard InChI is InChI=1S/C25H27N5O3/c1-14(11-18-13-30(3)28-15(18)2)26-24(31)20-12-21(16-5-6-16)27-25-22(20)23(29-33-25)17-7-9-19(32-4)10-8-17/h7-10,12-14,16H,5-6,11H2,1-4H3,(H,26,31). The summed E-state index contributed by atoms with van der Waals surface area (Å²) in [6.07, 6.45) is 4.85. The fraction of sp³-hybridized carbons (Fsp3) is 0.360. The second kappa shape index (κ2) is 8.35. The summed E-state index contributed by atoms with van der Waals surface area (Å²) < 4.78 is 12.7. The lowest BCUT2D eigenvalue weighted by Gasteiger charge is -2.15. The van der Waals surface area contributed by atoms with E-state index in [9.17, 15) is 4.79 Å². The third-order valence-electron chi connectivity index (χ3n) is 6.09. The van der Waals surface area contributed by atoms with Crippen molar-refractivity contribution in [2.24, 2.45) is 7.05 Å². The first-order chi connectivity index (χ1) is 15.9. The number of aryl methyl sites for hydroxylation is 2.